The van der Waals surface area contributed by atoms with Crippen molar-refractivity contribution in [3.8, 4) is 0 Å². The van der Waals surface area contributed by atoms with Crippen molar-refractivity contribution >= 4 is 11.9 Å². The summed E-state index contributed by atoms with van der Waals surface area (Å²) < 4.78 is 5.50. The van der Waals surface area contributed by atoms with Gasteiger partial charge in [0.15, 0.2) is 0 Å². The van der Waals surface area contributed by atoms with E-state index in [1.165, 1.54) is 392 Å². The number of ether oxygens (including phenoxy) is 1. The molecule has 0 aliphatic carbocycles. The van der Waals surface area contributed by atoms with E-state index in [-0.39, 0.29) is 18.5 Å². The number of esters is 1. The number of hydrogen-bond acceptors (Lipinski definition) is 5. The summed E-state index contributed by atoms with van der Waals surface area (Å²) >= 11 is 0. The van der Waals surface area contributed by atoms with E-state index in [4.69, 9.17) is 4.74 Å². The molecule has 0 aliphatic heterocycles. The van der Waals surface area contributed by atoms with Gasteiger partial charge in [0, 0.05) is 12.8 Å². The van der Waals surface area contributed by atoms with Crippen LogP contribution in [0, 0.1) is 0 Å². The second-order valence-electron chi connectivity index (χ2n) is 29.2. The van der Waals surface area contributed by atoms with E-state index in [0.717, 1.165) is 51.4 Å². The molecule has 0 aromatic carbocycles. The van der Waals surface area contributed by atoms with Crippen LogP contribution >= 0.6 is 0 Å². The highest BCUT2D eigenvalue weighted by Gasteiger charge is 2.18. The average Bonchev–Trinajstić information content (AvgIpc) is 3.78. The molecule has 0 bridgehead atoms. The minimum absolute atomic E-state index is 0.00874. The average molecular weight is 1310 g/mol. The number of aliphatic hydroxyl groups excluding tert-OH is 2. The first kappa shape index (κ1) is 90.8. The van der Waals surface area contributed by atoms with Gasteiger partial charge in [0.2, 0.25) is 5.91 Å². The zero-order valence-corrected chi connectivity index (χ0v) is 63.0. The zero-order chi connectivity index (χ0) is 67.0. The summed E-state index contributed by atoms with van der Waals surface area (Å²) in [5.74, 6) is -0.0501. The molecule has 0 aromatic heterocycles. The van der Waals surface area contributed by atoms with Crippen LogP contribution in [0.5, 0.6) is 0 Å². The minimum atomic E-state index is -0.843. The second kappa shape index (κ2) is 82.2. The Bertz CT molecular complexity index is 1550. The third kappa shape index (κ3) is 78.7. The van der Waals surface area contributed by atoms with Gasteiger partial charge in [-0.25, -0.2) is 0 Å². The maximum Gasteiger partial charge on any atom is 0.305 e. The lowest BCUT2D eigenvalue weighted by atomic mass is 10.0. The van der Waals surface area contributed by atoms with Gasteiger partial charge >= 0.3 is 5.97 Å². The molecule has 2 unspecified atom stereocenters. The molecule has 0 aromatic rings. The summed E-state index contributed by atoms with van der Waals surface area (Å²) in [6, 6.07) is -0.626. The van der Waals surface area contributed by atoms with E-state index in [2.05, 4.69) is 55.6 Å². The van der Waals surface area contributed by atoms with Gasteiger partial charge < -0.3 is 20.3 Å². The van der Waals surface area contributed by atoms with Crippen LogP contribution in [0.25, 0.3) is 0 Å². The maximum atomic E-state index is 12.6. The van der Waals surface area contributed by atoms with Crippen molar-refractivity contribution in [1.29, 1.82) is 0 Å². The highest BCUT2D eigenvalue weighted by Crippen LogP contribution is 2.20. The first-order valence-corrected chi connectivity index (χ1v) is 42.4. The number of nitrogens with one attached hydrogen (secondary N) is 1. The molecule has 93 heavy (non-hydrogen) atoms. The Morgan fingerprint density at radius 3 is 0.849 bits per heavy atom. The minimum Gasteiger partial charge on any atom is -0.466 e. The van der Waals surface area contributed by atoms with Crippen molar-refractivity contribution < 1.29 is 24.5 Å². The van der Waals surface area contributed by atoms with Gasteiger partial charge in [-0.2, -0.15) is 0 Å². The van der Waals surface area contributed by atoms with E-state index >= 15 is 0 Å². The van der Waals surface area contributed by atoms with E-state index in [1.807, 2.05) is 6.08 Å². The van der Waals surface area contributed by atoms with Gasteiger partial charge in [-0.15, -0.1) is 0 Å². The first-order chi connectivity index (χ1) is 46.0. The Morgan fingerprint density at radius 2 is 0.538 bits per heavy atom. The highest BCUT2D eigenvalue weighted by molar-refractivity contribution is 5.76. The third-order valence-corrected chi connectivity index (χ3v) is 19.8. The van der Waals surface area contributed by atoms with Crippen LogP contribution in [0.1, 0.15) is 470 Å². The highest BCUT2D eigenvalue weighted by atomic mass is 16.5. The van der Waals surface area contributed by atoms with Crippen molar-refractivity contribution in [2.75, 3.05) is 13.2 Å². The van der Waals surface area contributed by atoms with Crippen LogP contribution in [0.2, 0.25) is 0 Å². The van der Waals surface area contributed by atoms with Crippen molar-refractivity contribution in [2.24, 2.45) is 0 Å². The molecule has 0 spiro atoms. The summed E-state index contributed by atoms with van der Waals surface area (Å²) in [6.07, 6.45) is 110. The monoisotopic (exact) mass is 1300 g/mol. The molecule has 0 aliphatic rings. The van der Waals surface area contributed by atoms with Crippen molar-refractivity contribution in [3.05, 3.63) is 48.6 Å². The summed E-state index contributed by atoms with van der Waals surface area (Å²) in [4.78, 5) is 24.6. The Labute approximate surface area is 582 Å². The smallest absolute Gasteiger partial charge is 0.305 e. The molecule has 6 heteroatoms. The Morgan fingerprint density at radius 1 is 0.301 bits per heavy atom. The molecule has 0 saturated carbocycles. The number of carbonyl (C=O) groups excluding carboxylic acids is 2. The maximum absolute atomic E-state index is 12.6. The molecule has 6 nitrogen and oxygen atoms in total. The fraction of sp³-hybridized carbons (Fsp3) is 0.885. The molecule has 0 fully saturated rings. The molecule has 2 atom stereocenters. The van der Waals surface area contributed by atoms with Gasteiger partial charge in [0.05, 0.1) is 25.4 Å². The predicted molar refractivity (Wildman–Crippen MR) is 412 cm³/mol. The van der Waals surface area contributed by atoms with E-state index in [0.29, 0.717) is 19.4 Å². The van der Waals surface area contributed by atoms with Crippen LogP contribution < -0.4 is 5.32 Å². The Hall–Kier alpha value is -2.18. The van der Waals surface area contributed by atoms with E-state index < -0.39 is 12.1 Å². The first-order valence-electron chi connectivity index (χ1n) is 42.4. The standard InChI is InChI=1S/C87H165NO5/c1-3-5-7-9-11-13-15-17-19-20-21-22-42-45-48-52-55-59-63-67-71-75-79-85(90)84(83-89)88-86(91)80-76-72-68-64-60-56-53-49-46-43-40-38-36-34-32-30-28-26-24-23-25-27-29-31-33-35-37-39-41-44-47-50-54-58-62-66-70-74-78-82-93-87(92)81-77-73-69-65-61-57-51-18-16-14-12-10-8-6-4-2/h12,14,18,23-24,51,75,79,84-85,89-90H,3-11,13,15-17,19-22,25-50,52-74,76-78,80-83H2,1-2H3,(H,88,91)/b14-12-,24-23-,51-18-,79-75+. The van der Waals surface area contributed by atoms with Gasteiger partial charge in [0.1, 0.15) is 0 Å². The number of allylic oxidation sites excluding steroid dienone is 7. The topological polar surface area (TPSA) is 95.9 Å². The number of hydrogen-bond donors (Lipinski definition) is 3. The van der Waals surface area contributed by atoms with Crippen LogP contribution in [0.15, 0.2) is 48.6 Å². The molecule has 0 radical (unpaired) electrons. The molecule has 548 valence electrons. The van der Waals surface area contributed by atoms with Gasteiger partial charge in [-0.1, -0.05) is 416 Å². The van der Waals surface area contributed by atoms with E-state index in [1.54, 1.807) is 6.08 Å². The van der Waals surface area contributed by atoms with Crippen LogP contribution in [0.4, 0.5) is 0 Å². The molecule has 0 heterocycles. The van der Waals surface area contributed by atoms with Gasteiger partial charge in [-0.3, -0.25) is 9.59 Å². The molecular formula is C87H165NO5. The SMILES string of the molecule is CCCCC/C=C\C/C=C\CCCCCCCC(=O)OCCCCCCCCCCCCCCCCCCCC/C=C\CCCCCCCCCCCCCCCCCCCC(=O)NC(CO)C(O)/C=C/CCCCCCCCCCCCCCCCCCCCCC. The Balaban J connectivity index is 3.35. The Kier molecular flexibility index (Phi) is 80.3. The predicted octanol–water partition coefficient (Wildman–Crippen LogP) is 28.3. The largest absolute Gasteiger partial charge is 0.466 e. The third-order valence-electron chi connectivity index (χ3n) is 19.8. The second-order valence-corrected chi connectivity index (χ2v) is 29.2. The normalized spacial score (nSPS) is 12.7. The quantitative estimate of drug-likeness (QED) is 0.0320. The summed E-state index contributed by atoms with van der Waals surface area (Å²) in [5, 5.41) is 23.3. The molecule has 0 rings (SSSR count). The fourth-order valence-electron chi connectivity index (χ4n) is 13.4. The number of unbranched alkanes of at least 4 members (excludes halogenated alkanes) is 63. The number of amides is 1. The number of rotatable bonds is 80. The lowest BCUT2D eigenvalue weighted by Crippen LogP contribution is -2.45. The van der Waals surface area contributed by atoms with Gasteiger partial charge in [-0.05, 0) is 89.9 Å². The van der Waals surface area contributed by atoms with Crippen LogP contribution in [-0.2, 0) is 14.3 Å². The van der Waals surface area contributed by atoms with E-state index in [9.17, 15) is 19.8 Å². The van der Waals surface area contributed by atoms with Crippen molar-refractivity contribution in [3.63, 3.8) is 0 Å². The molecular weight excluding hydrogens is 1140 g/mol. The molecule has 0 saturated heterocycles. The summed E-state index contributed by atoms with van der Waals surface area (Å²) in [7, 11) is 0. The zero-order valence-electron chi connectivity index (χ0n) is 63.0. The number of aliphatic hydroxyl groups is 2. The van der Waals surface area contributed by atoms with Crippen molar-refractivity contribution in [2.45, 2.75) is 482 Å². The van der Waals surface area contributed by atoms with Crippen LogP contribution in [-0.4, -0.2) is 47.4 Å². The summed E-state index contributed by atoms with van der Waals surface area (Å²) in [6.45, 7) is 4.92. The van der Waals surface area contributed by atoms with Gasteiger partial charge in [0.25, 0.3) is 0 Å². The lowest BCUT2D eigenvalue weighted by Gasteiger charge is -2.20. The fourth-order valence-corrected chi connectivity index (χ4v) is 13.4. The lowest BCUT2D eigenvalue weighted by molar-refractivity contribution is -0.143. The summed E-state index contributed by atoms with van der Waals surface area (Å²) in [5.41, 5.74) is 0. The number of carbonyl (C=O) groups is 2. The van der Waals surface area contributed by atoms with Crippen LogP contribution in [0.3, 0.4) is 0 Å². The molecule has 1 amide bonds. The van der Waals surface area contributed by atoms with Crippen molar-refractivity contribution in [1.82, 2.24) is 5.32 Å². The molecule has 3 N–H and O–H groups in total.